The zero-order chi connectivity index (χ0) is 19.7. The minimum Gasteiger partial charge on any atom is -0.341 e. The smallest absolute Gasteiger partial charge is 0.245 e. The van der Waals surface area contributed by atoms with Gasteiger partial charge in [0.25, 0.3) is 0 Å². The average Bonchev–Trinajstić information content (AvgIpc) is 3.04. The number of carbonyl (C=O) groups excluding carboxylic acids is 2. The lowest BCUT2D eigenvalue weighted by atomic mass is 10.00. The van der Waals surface area contributed by atoms with E-state index in [9.17, 15) is 9.59 Å². The number of anilines is 1. The van der Waals surface area contributed by atoms with Gasteiger partial charge in [-0.3, -0.25) is 14.5 Å². The number of piperidine rings is 1. The molecule has 2 aliphatic rings. The molecular formula is C21H20Cl2N2O2S. The SMILES string of the molecule is O=C([C@@H](Cl)c1ccccc1)N1CCC2(CC1)SCC(=O)N2c1ccc(Cl)cc1. The van der Waals surface area contributed by atoms with Gasteiger partial charge in [0.1, 0.15) is 5.38 Å². The molecule has 2 aromatic carbocycles. The highest BCUT2D eigenvalue weighted by molar-refractivity contribution is 8.02. The first-order valence-electron chi connectivity index (χ1n) is 9.21. The van der Waals surface area contributed by atoms with Crippen LogP contribution in [0.25, 0.3) is 0 Å². The third-order valence-electron chi connectivity index (χ3n) is 5.37. The molecule has 146 valence electrons. The number of nitrogens with zero attached hydrogens (tertiary/aromatic N) is 2. The highest BCUT2D eigenvalue weighted by Gasteiger charge is 2.49. The topological polar surface area (TPSA) is 40.6 Å². The normalized spacial score (nSPS) is 19.9. The number of rotatable bonds is 3. The van der Waals surface area contributed by atoms with Gasteiger partial charge in [0, 0.05) is 23.8 Å². The fraction of sp³-hybridized carbons (Fsp3) is 0.333. The summed E-state index contributed by atoms with van der Waals surface area (Å²) in [5.74, 6) is 0.486. The lowest BCUT2D eigenvalue weighted by Crippen LogP contribution is -2.53. The molecule has 1 spiro atoms. The van der Waals surface area contributed by atoms with E-state index in [0.29, 0.717) is 23.9 Å². The quantitative estimate of drug-likeness (QED) is 0.656. The molecule has 0 saturated carbocycles. The highest BCUT2D eigenvalue weighted by Crippen LogP contribution is 2.47. The first-order chi connectivity index (χ1) is 13.5. The van der Waals surface area contributed by atoms with Crippen molar-refractivity contribution >= 4 is 52.5 Å². The molecule has 7 heteroatoms. The summed E-state index contributed by atoms with van der Waals surface area (Å²) >= 11 is 14.1. The number of halogens is 2. The third kappa shape index (κ3) is 3.63. The predicted octanol–water partition coefficient (Wildman–Crippen LogP) is 4.72. The molecule has 0 N–H and O–H groups in total. The van der Waals surface area contributed by atoms with Gasteiger partial charge in [-0.2, -0.15) is 0 Å². The fourth-order valence-electron chi connectivity index (χ4n) is 3.89. The van der Waals surface area contributed by atoms with Crippen LogP contribution in [0.4, 0.5) is 5.69 Å². The Labute approximate surface area is 178 Å². The summed E-state index contributed by atoms with van der Waals surface area (Å²) in [5, 5.41) is -0.0351. The second kappa shape index (κ2) is 7.97. The van der Waals surface area contributed by atoms with E-state index in [-0.39, 0.29) is 16.7 Å². The van der Waals surface area contributed by atoms with E-state index in [4.69, 9.17) is 23.2 Å². The van der Waals surface area contributed by atoms with Crippen molar-refractivity contribution in [2.75, 3.05) is 23.7 Å². The summed E-state index contributed by atoms with van der Waals surface area (Å²) in [6, 6.07) is 16.8. The van der Waals surface area contributed by atoms with E-state index >= 15 is 0 Å². The Balaban J connectivity index is 1.48. The number of benzene rings is 2. The summed E-state index contributed by atoms with van der Waals surface area (Å²) in [7, 11) is 0. The van der Waals surface area contributed by atoms with E-state index in [2.05, 4.69) is 0 Å². The van der Waals surface area contributed by atoms with E-state index in [0.717, 1.165) is 24.1 Å². The third-order valence-corrected chi connectivity index (χ3v) is 7.58. The molecule has 2 aliphatic heterocycles. The van der Waals surface area contributed by atoms with Crippen LogP contribution in [0.1, 0.15) is 23.8 Å². The van der Waals surface area contributed by atoms with Gasteiger partial charge in [0.2, 0.25) is 11.8 Å². The molecule has 0 aliphatic carbocycles. The fourth-order valence-corrected chi connectivity index (χ4v) is 5.63. The highest BCUT2D eigenvalue weighted by atomic mass is 35.5. The van der Waals surface area contributed by atoms with Crippen LogP contribution in [0.3, 0.4) is 0 Å². The first kappa shape index (κ1) is 19.6. The van der Waals surface area contributed by atoms with Gasteiger partial charge in [0.15, 0.2) is 0 Å². The van der Waals surface area contributed by atoms with Crippen LogP contribution in [-0.2, 0) is 9.59 Å². The Kier molecular flexibility index (Phi) is 5.59. The van der Waals surface area contributed by atoms with Crippen molar-refractivity contribution in [3.05, 3.63) is 65.2 Å². The van der Waals surface area contributed by atoms with E-state index in [1.165, 1.54) is 0 Å². The number of hydrogen-bond donors (Lipinski definition) is 0. The molecule has 2 aromatic rings. The van der Waals surface area contributed by atoms with Crippen LogP contribution >= 0.6 is 35.0 Å². The number of thioether (sulfide) groups is 1. The van der Waals surface area contributed by atoms with Crippen LogP contribution in [0, 0.1) is 0 Å². The van der Waals surface area contributed by atoms with Crippen molar-refractivity contribution < 1.29 is 9.59 Å². The maximum atomic E-state index is 12.8. The molecule has 0 radical (unpaired) electrons. The minimum atomic E-state index is -0.680. The van der Waals surface area contributed by atoms with Gasteiger partial charge < -0.3 is 4.90 Å². The summed E-state index contributed by atoms with van der Waals surface area (Å²) in [4.78, 5) is 28.9. The maximum absolute atomic E-state index is 12.8. The van der Waals surface area contributed by atoms with E-state index < -0.39 is 5.38 Å². The number of likely N-dealkylation sites (tertiary alicyclic amines) is 1. The van der Waals surface area contributed by atoms with Crippen molar-refractivity contribution in [2.24, 2.45) is 0 Å². The summed E-state index contributed by atoms with van der Waals surface area (Å²) < 4.78 is 0. The lowest BCUT2D eigenvalue weighted by molar-refractivity contribution is -0.132. The van der Waals surface area contributed by atoms with Crippen LogP contribution in [0.15, 0.2) is 54.6 Å². The van der Waals surface area contributed by atoms with Crippen molar-refractivity contribution in [1.29, 1.82) is 0 Å². The van der Waals surface area contributed by atoms with Crippen molar-refractivity contribution in [2.45, 2.75) is 23.1 Å². The van der Waals surface area contributed by atoms with Crippen molar-refractivity contribution in [3.63, 3.8) is 0 Å². The average molecular weight is 435 g/mol. The Bertz CT molecular complexity index is 868. The van der Waals surface area contributed by atoms with Crippen LogP contribution < -0.4 is 4.90 Å². The molecule has 0 bridgehead atoms. The van der Waals surface area contributed by atoms with Crippen LogP contribution in [-0.4, -0.2) is 40.4 Å². The standard InChI is InChI=1S/C21H20Cl2N2O2S/c22-16-6-8-17(9-7-16)25-18(26)14-28-21(25)10-12-24(13-11-21)20(27)19(23)15-4-2-1-3-5-15/h1-9,19H,10-14H2/t19-/m0/s1. The number of amides is 2. The van der Waals surface area contributed by atoms with E-state index in [1.807, 2.05) is 52.3 Å². The van der Waals surface area contributed by atoms with E-state index in [1.54, 1.807) is 23.9 Å². The molecule has 4 rings (SSSR count). The molecule has 0 aromatic heterocycles. The van der Waals surface area contributed by atoms with Crippen molar-refractivity contribution in [3.8, 4) is 0 Å². The lowest BCUT2D eigenvalue weighted by Gasteiger charge is -2.44. The molecule has 2 heterocycles. The molecule has 28 heavy (non-hydrogen) atoms. The Morgan fingerprint density at radius 2 is 1.68 bits per heavy atom. The van der Waals surface area contributed by atoms with Crippen LogP contribution in [0.5, 0.6) is 0 Å². The number of hydrogen-bond acceptors (Lipinski definition) is 3. The zero-order valence-electron chi connectivity index (χ0n) is 15.2. The van der Waals surface area contributed by atoms with Gasteiger partial charge in [-0.1, -0.05) is 41.9 Å². The monoisotopic (exact) mass is 434 g/mol. The second-order valence-corrected chi connectivity index (χ2v) is 9.25. The van der Waals surface area contributed by atoms with Crippen molar-refractivity contribution in [1.82, 2.24) is 4.90 Å². The summed E-state index contributed by atoms with van der Waals surface area (Å²) in [6.07, 6.45) is 1.44. The molecule has 2 amide bonds. The molecule has 2 fully saturated rings. The molecular weight excluding hydrogens is 415 g/mol. The van der Waals surface area contributed by atoms with Gasteiger partial charge >= 0.3 is 0 Å². The largest absolute Gasteiger partial charge is 0.341 e. The maximum Gasteiger partial charge on any atom is 0.245 e. The Morgan fingerprint density at radius 3 is 2.32 bits per heavy atom. The summed E-state index contributed by atoms with van der Waals surface area (Å²) in [5.41, 5.74) is 1.67. The minimum absolute atomic E-state index is 0.0740. The molecule has 0 unspecified atom stereocenters. The number of carbonyl (C=O) groups is 2. The first-order valence-corrected chi connectivity index (χ1v) is 11.0. The van der Waals surface area contributed by atoms with Gasteiger partial charge in [-0.25, -0.2) is 0 Å². The Morgan fingerprint density at radius 1 is 1.04 bits per heavy atom. The predicted molar refractivity (Wildman–Crippen MR) is 115 cm³/mol. The Hall–Kier alpha value is -1.69. The summed E-state index contributed by atoms with van der Waals surface area (Å²) in [6.45, 7) is 1.17. The van der Waals surface area contributed by atoms with Crippen LogP contribution in [0.2, 0.25) is 5.02 Å². The zero-order valence-corrected chi connectivity index (χ0v) is 17.5. The molecule has 2 saturated heterocycles. The van der Waals surface area contributed by atoms with Gasteiger partial charge in [-0.05, 0) is 42.7 Å². The molecule has 4 nitrogen and oxygen atoms in total. The molecule has 1 atom stereocenters. The second-order valence-electron chi connectivity index (χ2n) is 7.04. The van der Waals surface area contributed by atoms with Gasteiger partial charge in [0.05, 0.1) is 10.6 Å². The van der Waals surface area contributed by atoms with Gasteiger partial charge in [-0.15, -0.1) is 23.4 Å². The number of alkyl halides is 1.